The molecule has 12 heteroatoms. The second-order valence-electron chi connectivity index (χ2n) is 7.54. The third-order valence-electron chi connectivity index (χ3n) is 5.23. The van der Waals surface area contributed by atoms with Crippen molar-refractivity contribution in [2.45, 2.75) is 44.3 Å². The molecule has 1 fully saturated rings. The minimum atomic E-state index is -4.91. The molecule has 0 aliphatic heterocycles. The van der Waals surface area contributed by atoms with Crippen LogP contribution in [0.4, 0.5) is 27.9 Å². The van der Waals surface area contributed by atoms with Gasteiger partial charge in [-0.15, -0.1) is 0 Å². The van der Waals surface area contributed by atoms with Gasteiger partial charge in [-0.05, 0) is 44.0 Å². The largest absolute Gasteiger partial charge is 0.416 e. The molecule has 1 aromatic carbocycles. The summed E-state index contributed by atoms with van der Waals surface area (Å²) in [4.78, 5) is 28.4. The highest BCUT2D eigenvalue weighted by atomic mass is 19.4. The minimum absolute atomic E-state index is 0.0145. The summed E-state index contributed by atoms with van der Waals surface area (Å²) < 4.78 is 69.7. The number of alkyl halides is 5. The molecule has 0 bridgehead atoms. The van der Waals surface area contributed by atoms with Gasteiger partial charge in [-0.3, -0.25) is 4.79 Å². The molecule has 0 spiro atoms. The predicted molar refractivity (Wildman–Crippen MR) is 111 cm³/mol. The average Bonchev–Trinajstić information content (AvgIpc) is 2.71. The molecule has 176 valence electrons. The Hall–Kier alpha value is -3.44. The van der Waals surface area contributed by atoms with Crippen LogP contribution in [0.3, 0.4) is 0 Å². The highest BCUT2D eigenvalue weighted by Crippen LogP contribution is 2.47. The number of aromatic nitrogens is 2. The Morgan fingerprint density at radius 3 is 2.33 bits per heavy atom. The lowest BCUT2D eigenvalue weighted by molar-refractivity contribution is -0.138. The molecule has 1 saturated carbocycles. The van der Waals surface area contributed by atoms with Gasteiger partial charge >= 0.3 is 6.18 Å². The number of hydrogen-bond acceptors (Lipinski definition) is 4. The van der Waals surface area contributed by atoms with E-state index in [9.17, 15) is 26.7 Å². The molecule has 1 aliphatic carbocycles. The molecule has 1 amide bonds. The van der Waals surface area contributed by atoms with Crippen LogP contribution in [0.1, 0.15) is 47.7 Å². The van der Waals surface area contributed by atoms with Gasteiger partial charge in [0.15, 0.2) is 5.84 Å². The van der Waals surface area contributed by atoms with Gasteiger partial charge in [0.05, 0.1) is 17.9 Å². The molecule has 3 rings (SSSR count). The standard InChI is InChI=1S/C21H21F5N6O/c1-12(17(30-11-27)32-19-28-6-3-7-29-19)31-18(33)13-8-15(10-16(9-13)21(24,25)26)20(22,23)14-4-2-5-14/h3,6-12,14H,2,4-5H2,1H3,(H,31,33)(H2,27,28,29,30,32). The number of rotatable bonds is 6. The fourth-order valence-electron chi connectivity index (χ4n) is 3.23. The maximum atomic E-state index is 14.8. The van der Waals surface area contributed by atoms with Crippen LogP contribution < -0.4 is 11.1 Å². The molecule has 7 nitrogen and oxygen atoms in total. The van der Waals surface area contributed by atoms with Gasteiger partial charge in [0.25, 0.3) is 17.8 Å². The Balaban J connectivity index is 1.92. The molecule has 1 aliphatic rings. The number of halogens is 5. The molecule has 33 heavy (non-hydrogen) atoms. The first kappa shape index (κ1) is 24.2. The quantitative estimate of drug-likeness (QED) is 0.376. The number of nitrogens with two attached hydrogens (primary N) is 1. The number of aliphatic imine (C=N–C) groups is 2. The zero-order chi connectivity index (χ0) is 24.2. The number of benzene rings is 1. The number of amides is 1. The molecule has 1 heterocycles. The van der Waals surface area contributed by atoms with E-state index in [4.69, 9.17) is 5.73 Å². The van der Waals surface area contributed by atoms with Gasteiger partial charge in [-0.25, -0.2) is 23.7 Å². The topological polar surface area (TPSA) is 106 Å². The molecule has 0 radical (unpaired) electrons. The summed E-state index contributed by atoms with van der Waals surface area (Å²) in [5.74, 6) is -5.57. The van der Waals surface area contributed by atoms with Crippen LogP contribution in [-0.4, -0.2) is 34.1 Å². The highest BCUT2D eigenvalue weighted by molar-refractivity contribution is 6.01. The first-order valence-electron chi connectivity index (χ1n) is 10.0. The fourth-order valence-corrected chi connectivity index (χ4v) is 3.23. The zero-order valence-corrected chi connectivity index (χ0v) is 17.5. The smallest absolute Gasteiger partial charge is 0.390 e. The van der Waals surface area contributed by atoms with Crippen LogP contribution in [0.5, 0.6) is 0 Å². The van der Waals surface area contributed by atoms with E-state index in [0.717, 1.165) is 12.4 Å². The van der Waals surface area contributed by atoms with E-state index in [2.05, 4.69) is 25.3 Å². The van der Waals surface area contributed by atoms with E-state index in [0.29, 0.717) is 18.6 Å². The van der Waals surface area contributed by atoms with Crippen molar-refractivity contribution in [3.8, 4) is 0 Å². The van der Waals surface area contributed by atoms with Crippen LogP contribution in [0.15, 0.2) is 46.6 Å². The number of hydrogen-bond donors (Lipinski definition) is 2. The molecule has 1 unspecified atom stereocenters. The van der Waals surface area contributed by atoms with E-state index in [-0.39, 0.29) is 24.6 Å². The number of carbonyl (C=O) groups is 1. The monoisotopic (exact) mass is 468 g/mol. The molecule has 0 saturated heterocycles. The number of nitrogens with one attached hydrogen (secondary N) is 1. The molecule has 1 aromatic heterocycles. The summed E-state index contributed by atoms with van der Waals surface area (Å²) >= 11 is 0. The van der Waals surface area contributed by atoms with Crippen LogP contribution in [0.2, 0.25) is 0 Å². The van der Waals surface area contributed by atoms with Crippen LogP contribution >= 0.6 is 0 Å². The van der Waals surface area contributed by atoms with Crippen molar-refractivity contribution in [1.29, 1.82) is 0 Å². The Kier molecular flexibility index (Phi) is 7.04. The van der Waals surface area contributed by atoms with Gasteiger partial charge < -0.3 is 11.1 Å². The summed E-state index contributed by atoms with van der Waals surface area (Å²) in [6.07, 6.45) is -0.157. The maximum Gasteiger partial charge on any atom is 0.416 e. The van der Waals surface area contributed by atoms with Crippen molar-refractivity contribution in [2.24, 2.45) is 21.6 Å². The van der Waals surface area contributed by atoms with Gasteiger partial charge in [0.2, 0.25) is 0 Å². The molecule has 2 aromatic rings. The first-order valence-corrected chi connectivity index (χ1v) is 10.0. The maximum absolute atomic E-state index is 14.8. The summed E-state index contributed by atoms with van der Waals surface area (Å²) in [7, 11) is 0. The molecule has 3 N–H and O–H groups in total. The zero-order valence-electron chi connectivity index (χ0n) is 17.5. The van der Waals surface area contributed by atoms with E-state index in [1.165, 1.54) is 19.3 Å². The van der Waals surface area contributed by atoms with Gasteiger partial charge in [0, 0.05) is 29.4 Å². The van der Waals surface area contributed by atoms with Crippen molar-refractivity contribution in [3.63, 3.8) is 0 Å². The molecule has 1 atom stereocenters. The Morgan fingerprint density at radius 2 is 1.79 bits per heavy atom. The summed E-state index contributed by atoms with van der Waals surface area (Å²) in [6.45, 7) is 1.45. The van der Waals surface area contributed by atoms with Crippen molar-refractivity contribution < 1.29 is 26.7 Å². The van der Waals surface area contributed by atoms with E-state index >= 15 is 0 Å². The third-order valence-corrected chi connectivity index (χ3v) is 5.23. The number of carbonyl (C=O) groups excluding carboxylic acids is 1. The van der Waals surface area contributed by atoms with Crippen LogP contribution in [0, 0.1) is 5.92 Å². The minimum Gasteiger partial charge on any atom is -0.390 e. The van der Waals surface area contributed by atoms with Gasteiger partial charge in [-0.1, -0.05) is 6.42 Å². The second-order valence-corrected chi connectivity index (χ2v) is 7.54. The number of nitrogens with zero attached hydrogens (tertiary/aromatic N) is 4. The van der Waals surface area contributed by atoms with Gasteiger partial charge in [0.1, 0.15) is 0 Å². The Labute approximate surface area is 186 Å². The Morgan fingerprint density at radius 1 is 1.15 bits per heavy atom. The first-order chi connectivity index (χ1) is 15.5. The lowest BCUT2D eigenvalue weighted by Crippen LogP contribution is -2.38. The normalized spacial score (nSPS) is 16.5. The third kappa shape index (κ3) is 5.68. The summed E-state index contributed by atoms with van der Waals surface area (Å²) in [6, 6.07) is 2.33. The number of amidine groups is 1. The summed E-state index contributed by atoms with van der Waals surface area (Å²) in [5.41, 5.74) is 2.58. The second kappa shape index (κ2) is 9.59. The van der Waals surface area contributed by atoms with Crippen molar-refractivity contribution in [1.82, 2.24) is 15.3 Å². The Bertz CT molecular complexity index is 1050. The predicted octanol–water partition coefficient (Wildman–Crippen LogP) is 4.22. The summed E-state index contributed by atoms with van der Waals surface area (Å²) in [5, 5.41) is 2.41. The molecular formula is C21H21F5N6O. The van der Waals surface area contributed by atoms with E-state index < -0.39 is 46.7 Å². The van der Waals surface area contributed by atoms with Crippen LogP contribution in [0.25, 0.3) is 0 Å². The fraction of sp³-hybridized carbons (Fsp3) is 0.381. The molecular weight excluding hydrogens is 447 g/mol. The van der Waals surface area contributed by atoms with Crippen molar-refractivity contribution >= 4 is 24.0 Å². The van der Waals surface area contributed by atoms with Gasteiger partial charge in [-0.2, -0.15) is 18.2 Å². The van der Waals surface area contributed by atoms with Crippen molar-refractivity contribution in [3.05, 3.63) is 53.3 Å². The highest BCUT2D eigenvalue weighted by Gasteiger charge is 2.46. The average molecular weight is 468 g/mol. The lowest BCUT2D eigenvalue weighted by Gasteiger charge is -2.34. The van der Waals surface area contributed by atoms with E-state index in [1.54, 1.807) is 6.07 Å². The van der Waals surface area contributed by atoms with Crippen molar-refractivity contribution in [2.75, 3.05) is 0 Å². The SMILES string of the molecule is CC(NC(=O)c1cc(C(F)(F)F)cc(C(F)(F)C2CCC2)c1)/C(N=CN)=N\c1ncccn1. The van der Waals surface area contributed by atoms with E-state index in [1.807, 2.05) is 0 Å². The lowest BCUT2D eigenvalue weighted by atomic mass is 9.77. The van der Waals surface area contributed by atoms with Crippen LogP contribution in [-0.2, 0) is 12.1 Å².